The second-order valence-corrected chi connectivity index (χ2v) is 7.44. The number of methoxy groups -OCH3 is 1. The van der Waals surface area contributed by atoms with E-state index in [1.807, 2.05) is 60.7 Å². The minimum absolute atomic E-state index is 0.0797. The number of fused-ring (bicyclic) bond motifs is 1. The van der Waals surface area contributed by atoms with Crippen LogP contribution in [0, 0.1) is 11.3 Å². The van der Waals surface area contributed by atoms with E-state index < -0.39 is 30.1 Å². The molecular weight excluding hydrogens is 410 g/mol. The van der Waals surface area contributed by atoms with Crippen LogP contribution in [-0.2, 0) is 38.6 Å². The van der Waals surface area contributed by atoms with E-state index >= 15 is 0 Å². The maximum Gasteiger partial charge on any atom is 0.411 e. The van der Waals surface area contributed by atoms with Gasteiger partial charge in [0.25, 0.3) is 0 Å². The largest absolute Gasteiger partial charge is 0.467 e. The minimum atomic E-state index is -0.966. The zero-order valence-corrected chi connectivity index (χ0v) is 17.8. The van der Waals surface area contributed by atoms with Crippen molar-refractivity contribution in [2.75, 3.05) is 7.11 Å². The van der Waals surface area contributed by atoms with Crippen molar-refractivity contribution in [2.24, 2.45) is 0 Å². The highest BCUT2D eigenvalue weighted by molar-refractivity contribution is 5.90. The molecule has 2 aromatic carbocycles. The fourth-order valence-corrected chi connectivity index (χ4v) is 3.62. The molecule has 0 fully saturated rings. The van der Waals surface area contributed by atoms with Gasteiger partial charge in [0.2, 0.25) is 5.91 Å². The van der Waals surface area contributed by atoms with Crippen LogP contribution >= 0.6 is 0 Å². The predicted octanol–water partition coefficient (Wildman–Crippen LogP) is 2.71. The highest BCUT2D eigenvalue weighted by atomic mass is 16.6. The van der Waals surface area contributed by atoms with Gasteiger partial charge in [0.1, 0.15) is 18.7 Å². The number of hydrogen-bond donors (Lipinski definition) is 1. The van der Waals surface area contributed by atoms with Gasteiger partial charge in [0.05, 0.1) is 19.7 Å². The Balaban J connectivity index is 1.78. The van der Waals surface area contributed by atoms with Crippen molar-refractivity contribution in [3.63, 3.8) is 0 Å². The van der Waals surface area contributed by atoms with Gasteiger partial charge in [-0.05, 0) is 23.1 Å². The Labute approximate surface area is 186 Å². The zero-order chi connectivity index (χ0) is 22.9. The number of rotatable bonds is 7. The van der Waals surface area contributed by atoms with Crippen LogP contribution in [0.2, 0.25) is 0 Å². The minimum Gasteiger partial charge on any atom is -0.467 e. The maximum absolute atomic E-state index is 13.1. The van der Waals surface area contributed by atoms with Crippen molar-refractivity contribution in [3.8, 4) is 6.07 Å². The first-order valence-corrected chi connectivity index (χ1v) is 10.3. The summed E-state index contributed by atoms with van der Waals surface area (Å²) in [7, 11) is 1.22. The Morgan fingerprint density at radius 2 is 1.81 bits per heavy atom. The summed E-state index contributed by atoms with van der Waals surface area (Å²) in [6, 6.07) is 17.0. The quantitative estimate of drug-likeness (QED) is 0.670. The van der Waals surface area contributed by atoms with E-state index in [2.05, 4.69) is 5.32 Å². The van der Waals surface area contributed by atoms with Crippen molar-refractivity contribution < 1.29 is 23.9 Å². The number of esters is 1. The fourth-order valence-electron chi connectivity index (χ4n) is 3.62. The van der Waals surface area contributed by atoms with Crippen LogP contribution < -0.4 is 5.32 Å². The molecule has 166 valence electrons. The molecule has 2 atom stereocenters. The topological polar surface area (TPSA) is 109 Å². The molecule has 1 N–H and O–H groups in total. The van der Waals surface area contributed by atoms with E-state index in [1.54, 1.807) is 0 Å². The van der Waals surface area contributed by atoms with Crippen LogP contribution in [0.15, 0.2) is 54.6 Å². The van der Waals surface area contributed by atoms with Gasteiger partial charge in [-0.3, -0.25) is 9.69 Å². The van der Waals surface area contributed by atoms with Crippen LogP contribution in [0.25, 0.3) is 0 Å². The van der Waals surface area contributed by atoms with Gasteiger partial charge in [-0.15, -0.1) is 0 Å². The van der Waals surface area contributed by atoms with E-state index in [9.17, 15) is 14.4 Å². The number of nitrogens with one attached hydrogen (secondary N) is 1. The summed E-state index contributed by atoms with van der Waals surface area (Å²) < 4.78 is 10.2. The molecule has 1 aliphatic rings. The summed E-state index contributed by atoms with van der Waals surface area (Å²) in [5.74, 6) is -1.13. The summed E-state index contributed by atoms with van der Waals surface area (Å²) in [6.07, 6.45) is -0.128. The Hall–Kier alpha value is -3.86. The van der Waals surface area contributed by atoms with Crippen LogP contribution in [0.1, 0.15) is 29.5 Å². The third-order valence-electron chi connectivity index (χ3n) is 5.34. The number of nitriles is 1. The molecule has 0 aliphatic carbocycles. The molecule has 3 rings (SSSR count). The van der Waals surface area contributed by atoms with Gasteiger partial charge < -0.3 is 14.8 Å². The summed E-state index contributed by atoms with van der Waals surface area (Å²) >= 11 is 0. The summed E-state index contributed by atoms with van der Waals surface area (Å²) in [5.41, 5.74) is 2.72. The van der Waals surface area contributed by atoms with Crippen molar-refractivity contribution in [3.05, 3.63) is 71.3 Å². The monoisotopic (exact) mass is 435 g/mol. The lowest BCUT2D eigenvalue weighted by Gasteiger charge is -2.35. The average Bonchev–Trinajstić information content (AvgIpc) is 2.84. The third kappa shape index (κ3) is 5.64. The first kappa shape index (κ1) is 22.8. The molecule has 0 saturated heterocycles. The third-order valence-corrected chi connectivity index (χ3v) is 5.34. The van der Waals surface area contributed by atoms with Crippen molar-refractivity contribution in [1.29, 1.82) is 5.26 Å². The van der Waals surface area contributed by atoms with E-state index in [0.29, 0.717) is 0 Å². The van der Waals surface area contributed by atoms with Gasteiger partial charge in [0.15, 0.2) is 0 Å². The number of ether oxygens (including phenoxy) is 2. The molecule has 2 aromatic rings. The fraction of sp³-hybridized carbons (Fsp3) is 0.333. The Morgan fingerprint density at radius 3 is 2.50 bits per heavy atom. The van der Waals surface area contributed by atoms with Gasteiger partial charge in [-0.25, -0.2) is 9.59 Å². The van der Waals surface area contributed by atoms with E-state index in [4.69, 9.17) is 14.7 Å². The van der Waals surface area contributed by atoms with Crippen LogP contribution in [0.3, 0.4) is 0 Å². The Morgan fingerprint density at radius 1 is 1.12 bits per heavy atom. The molecule has 0 saturated carbocycles. The highest BCUT2D eigenvalue weighted by Crippen LogP contribution is 2.25. The number of benzene rings is 2. The standard InChI is InChI=1S/C24H25N3O5/c1-31-23(29)20(12-7-13-25)26-22(28)21-14-18-10-5-6-11-19(18)15-27(21)24(30)32-16-17-8-3-2-4-9-17/h2-6,8-11,20-21H,7,12,14-16H2,1H3,(H,26,28)/t20-,21+/m1/s1. The van der Waals surface area contributed by atoms with Crippen LogP contribution in [-0.4, -0.2) is 42.1 Å². The van der Waals surface area contributed by atoms with E-state index in [0.717, 1.165) is 16.7 Å². The smallest absolute Gasteiger partial charge is 0.411 e. The lowest BCUT2D eigenvalue weighted by Crippen LogP contribution is -2.55. The first-order valence-electron chi connectivity index (χ1n) is 10.3. The molecular formula is C24H25N3O5. The van der Waals surface area contributed by atoms with Crippen LogP contribution in [0.5, 0.6) is 0 Å². The molecule has 0 aromatic heterocycles. The molecule has 0 spiro atoms. The number of amides is 2. The Bertz CT molecular complexity index is 1000. The predicted molar refractivity (Wildman–Crippen MR) is 115 cm³/mol. The first-order chi connectivity index (χ1) is 15.5. The summed E-state index contributed by atoms with van der Waals surface area (Å²) in [4.78, 5) is 39.5. The lowest BCUT2D eigenvalue weighted by atomic mass is 9.93. The Kier molecular flexibility index (Phi) is 7.81. The summed E-state index contributed by atoms with van der Waals surface area (Å²) in [5, 5.41) is 11.5. The van der Waals surface area contributed by atoms with Gasteiger partial charge in [-0.1, -0.05) is 54.6 Å². The number of nitrogens with zero attached hydrogens (tertiary/aromatic N) is 2. The SMILES string of the molecule is COC(=O)[C@@H](CCC#N)NC(=O)[C@@H]1Cc2ccccc2CN1C(=O)OCc1ccccc1. The number of hydrogen-bond acceptors (Lipinski definition) is 6. The number of carbonyl (C=O) groups is 3. The molecule has 0 bridgehead atoms. The molecule has 0 radical (unpaired) electrons. The molecule has 8 nitrogen and oxygen atoms in total. The van der Waals surface area contributed by atoms with E-state index in [-0.39, 0.29) is 32.4 Å². The van der Waals surface area contributed by atoms with Gasteiger partial charge in [0, 0.05) is 12.8 Å². The normalized spacial score (nSPS) is 15.6. The maximum atomic E-state index is 13.1. The number of carbonyl (C=O) groups excluding carboxylic acids is 3. The van der Waals surface area contributed by atoms with Gasteiger partial charge in [-0.2, -0.15) is 5.26 Å². The van der Waals surface area contributed by atoms with Crippen molar-refractivity contribution in [2.45, 2.75) is 44.5 Å². The second kappa shape index (κ2) is 11.0. The zero-order valence-electron chi connectivity index (χ0n) is 17.8. The van der Waals surface area contributed by atoms with Crippen LogP contribution in [0.4, 0.5) is 4.79 Å². The molecule has 1 heterocycles. The lowest BCUT2D eigenvalue weighted by molar-refractivity contribution is -0.146. The van der Waals surface area contributed by atoms with Gasteiger partial charge >= 0.3 is 12.1 Å². The molecule has 32 heavy (non-hydrogen) atoms. The highest BCUT2D eigenvalue weighted by Gasteiger charge is 2.37. The van der Waals surface area contributed by atoms with Crippen molar-refractivity contribution in [1.82, 2.24) is 10.2 Å². The average molecular weight is 435 g/mol. The van der Waals surface area contributed by atoms with E-state index in [1.165, 1.54) is 12.0 Å². The molecule has 8 heteroatoms. The molecule has 0 unspecified atom stereocenters. The summed E-state index contributed by atoms with van der Waals surface area (Å²) in [6.45, 7) is 0.294. The molecule has 2 amide bonds. The second-order valence-electron chi connectivity index (χ2n) is 7.44. The molecule has 1 aliphatic heterocycles. The van der Waals surface area contributed by atoms with Crippen molar-refractivity contribution >= 4 is 18.0 Å².